The Bertz CT molecular complexity index is 551. The van der Waals surface area contributed by atoms with Gasteiger partial charge in [-0.2, -0.15) is 0 Å². The fraction of sp³-hybridized carbons (Fsp3) is 0.444. The molecule has 0 saturated carbocycles. The lowest BCUT2D eigenvalue weighted by Gasteiger charge is -2.22. The minimum atomic E-state index is -0.211. The fourth-order valence-corrected chi connectivity index (χ4v) is 2.15. The number of ether oxygens (including phenoxy) is 1. The first-order chi connectivity index (χ1) is 11.0. The number of nitrogens with zero attached hydrogens (tertiary/aromatic N) is 2. The second kappa shape index (κ2) is 9.66. The smallest absolute Gasteiger partial charge is 0.246 e. The van der Waals surface area contributed by atoms with Crippen LogP contribution in [0.2, 0.25) is 0 Å². The topological polar surface area (TPSA) is 49.9 Å². The Morgan fingerprint density at radius 3 is 2.39 bits per heavy atom. The molecular weight excluding hydrogens is 292 g/mol. The summed E-state index contributed by atoms with van der Waals surface area (Å²) in [5.74, 6) is 0.478. The van der Waals surface area contributed by atoms with E-state index in [0.717, 1.165) is 11.3 Å². The monoisotopic (exact) mass is 318 g/mol. The van der Waals surface area contributed by atoms with Crippen molar-refractivity contribution < 1.29 is 14.3 Å². The number of amides is 2. The number of rotatable bonds is 8. The van der Waals surface area contributed by atoms with Crippen molar-refractivity contribution >= 4 is 17.9 Å². The summed E-state index contributed by atoms with van der Waals surface area (Å²) in [5.41, 5.74) is 0.839. The third-order valence-corrected chi connectivity index (χ3v) is 3.49. The molecule has 5 nitrogen and oxygen atoms in total. The number of benzene rings is 1. The van der Waals surface area contributed by atoms with E-state index in [1.165, 1.54) is 11.0 Å². The summed E-state index contributed by atoms with van der Waals surface area (Å²) in [6, 6.07) is 7.52. The molecule has 2 amide bonds. The van der Waals surface area contributed by atoms with Gasteiger partial charge in [-0.05, 0) is 32.9 Å². The number of carbonyl (C=O) groups is 2. The Balaban J connectivity index is 2.70. The van der Waals surface area contributed by atoms with Gasteiger partial charge in [0.05, 0.1) is 13.2 Å². The molecular formula is C18H26N2O3. The molecule has 0 atom stereocenters. The second-order valence-electron chi connectivity index (χ2n) is 5.06. The summed E-state index contributed by atoms with van der Waals surface area (Å²) < 4.78 is 5.52. The van der Waals surface area contributed by atoms with E-state index in [1.54, 1.807) is 18.0 Å². The minimum Gasteiger partial charge on any atom is -0.493 e. The summed E-state index contributed by atoms with van der Waals surface area (Å²) >= 11 is 0. The highest BCUT2D eigenvalue weighted by molar-refractivity contribution is 5.94. The van der Waals surface area contributed by atoms with Gasteiger partial charge in [0.2, 0.25) is 11.8 Å². The Morgan fingerprint density at radius 2 is 1.78 bits per heavy atom. The van der Waals surface area contributed by atoms with Gasteiger partial charge in [-0.1, -0.05) is 18.2 Å². The summed E-state index contributed by atoms with van der Waals surface area (Å²) in [6.07, 6.45) is 3.18. The van der Waals surface area contributed by atoms with Crippen LogP contribution in [0.3, 0.4) is 0 Å². The van der Waals surface area contributed by atoms with E-state index in [4.69, 9.17) is 4.74 Å². The van der Waals surface area contributed by atoms with Gasteiger partial charge in [0.25, 0.3) is 0 Å². The van der Waals surface area contributed by atoms with Crippen LogP contribution in [0.4, 0.5) is 0 Å². The van der Waals surface area contributed by atoms with Crippen molar-refractivity contribution in [3.63, 3.8) is 0 Å². The van der Waals surface area contributed by atoms with Crippen LogP contribution in [0.5, 0.6) is 5.75 Å². The predicted octanol–water partition coefficient (Wildman–Crippen LogP) is 2.43. The molecule has 0 unspecified atom stereocenters. The van der Waals surface area contributed by atoms with E-state index in [0.29, 0.717) is 19.7 Å². The summed E-state index contributed by atoms with van der Waals surface area (Å²) in [5, 5.41) is 0. The van der Waals surface area contributed by atoms with Crippen LogP contribution < -0.4 is 4.74 Å². The van der Waals surface area contributed by atoms with Gasteiger partial charge < -0.3 is 14.5 Å². The highest BCUT2D eigenvalue weighted by atomic mass is 16.5. The van der Waals surface area contributed by atoms with E-state index in [1.807, 2.05) is 45.0 Å². The van der Waals surface area contributed by atoms with E-state index >= 15 is 0 Å². The maximum absolute atomic E-state index is 12.1. The van der Waals surface area contributed by atoms with Gasteiger partial charge in [0.1, 0.15) is 5.75 Å². The van der Waals surface area contributed by atoms with Crippen molar-refractivity contribution in [3.8, 4) is 5.75 Å². The summed E-state index contributed by atoms with van der Waals surface area (Å²) in [4.78, 5) is 27.3. The van der Waals surface area contributed by atoms with Crippen LogP contribution in [0.15, 0.2) is 30.3 Å². The zero-order valence-corrected chi connectivity index (χ0v) is 14.4. The molecule has 0 fully saturated rings. The Hall–Kier alpha value is -2.30. The molecule has 1 aromatic rings. The van der Waals surface area contributed by atoms with E-state index in [-0.39, 0.29) is 18.4 Å². The average molecular weight is 318 g/mol. The summed E-state index contributed by atoms with van der Waals surface area (Å²) in [7, 11) is 1.63. The van der Waals surface area contributed by atoms with Gasteiger partial charge in [0, 0.05) is 31.8 Å². The van der Waals surface area contributed by atoms with Gasteiger partial charge in [-0.15, -0.1) is 0 Å². The van der Waals surface area contributed by atoms with Crippen LogP contribution in [-0.2, 0) is 9.59 Å². The van der Waals surface area contributed by atoms with Crippen molar-refractivity contribution in [2.45, 2.75) is 20.8 Å². The van der Waals surface area contributed by atoms with E-state index < -0.39 is 0 Å². The normalized spacial score (nSPS) is 10.6. The number of carbonyl (C=O) groups excluding carboxylic acids is 2. The second-order valence-corrected chi connectivity index (χ2v) is 5.06. The zero-order valence-electron chi connectivity index (χ0n) is 14.4. The molecule has 0 aliphatic rings. The van der Waals surface area contributed by atoms with Gasteiger partial charge >= 0.3 is 0 Å². The van der Waals surface area contributed by atoms with E-state index in [9.17, 15) is 9.59 Å². The Kier molecular flexibility index (Phi) is 7.88. The molecule has 0 radical (unpaired) electrons. The van der Waals surface area contributed by atoms with Crippen molar-refractivity contribution in [2.75, 3.05) is 33.3 Å². The molecule has 0 heterocycles. The molecule has 0 aliphatic heterocycles. The zero-order chi connectivity index (χ0) is 17.2. The lowest BCUT2D eigenvalue weighted by atomic mass is 10.2. The SMILES string of the molecule is CCOc1ccccc1/C=C/C(=O)N(C)CC(=O)N(CC)CC. The maximum atomic E-state index is 12.1. The van der Waals surface area contributed by atoms with Crippen molar-refractivity contribution in [2.24, 2.45) is 0 Å². The van der Waals surface area contributed by atoms with Crippen LogP contribution >= 0.6 is 0 Å². The molecule has 126 valence electrons. The minimum absolute atomic E-state index is 0.0473. The van der Waals surface area contributed by atoms with Crippen molar-refractivity contribution in [1.29, 1.82) is 0 Å². The Morgan fingerprint density at radius 1 is 1.13 bits per heavy atom. The number of hydrogen-bond acceptors (Lipinski definition) is 3. The van der Waals surface area contributed by atoms with Gasteiger partial charge in [-0.25, -0.2) is 0 Å². The van der Waals surface area contributed by atoms with Crippen LogP contribution in [0.25, 0.3) is 6.08 Å². The molecule has 0 saturated heterocycles. The first-order valence-corrected chi connectivity index (χ1v) is 7.96. The van der Waals surface area contributed by atoms with Crippen molar-refractivity contribution in [3.05, 3.63) is 35.9 Å². The van der Waals surface area contributed by atoms with Gasteiger partial charge in [0.15, 0.2) is 0 Å². The van der Waals surface area contributed by atoms with Gasteiger partial charge in [-0.3, -0.25) is 9.59 Å². The molecule has 0 aliphatic carbocycles. The molecule has 5 heteroatoms. The summed E-state index contributed by atoms with van der Waals surface area (Å²) in [6.45, 7) is 7.71. The predicted molar refractivity (Wildman–Crippen MR) is 92.2 cm³/mol. The fourth-order valence-electron chi connectivity index (χ4n) is 2.15. The Labute approximate surface area is 138 Å². The molecule has 1 aromatic carbocycles. The molecule has 1 rings (SSSR count). The number of likely N-dealkylation sites (N-methyl/N-ethyl adjacent to an activating group) is 2. The molecule has 0 aromatic heterocycles. The first-order valence-electron chi connectivity index (χ1n) is 7.96. The largest absolute Gasteiger partial charge is 0.493 e. The van der Waals surface area contributed by atoms with E-state index in [2.05, 4.69) is 0 Å². The molecule has 23 heavy (non-hydrogen) atoms. The van der Waals surface area contributed by atoms with Crippen LogP contribution in [0, 0.1) is 0 Å². The maximum Gasteiger partial charge on any atom is 0.246 e. The standard InChI is InChI=1S/C18H26N2O3/c1-5-20(6-2)18(22)14-19(4)17(21)13-12-15-10-8-9-11-16(15)23-7-3/h8-13H,5-7,14H2,1-4H3/b13-12+. The first kappa shape index (κ1) is 18.7. The van der Waals surface area contributed by atoms with Crippen molar-refractivity contribution in [1.82, 2.24) is 9.80 Å². The third-order valence-electron chi connectivity index (χ3n) is 3.49. The third kappa shape index (κ3) is 5.77. The van der Waals surface area contributed by atoms with Crippen LogP contribution in [-0.4, -0.2) is 54.9 Å². The molecule has 0 spiro atoms. The average Bonchev–Trinajstić information content (AvgIpc) is 2.55. The lowest BCUT2D eigenvalue weighted by molar-refractivity contribution is -0.136. The number of hydrogen-bond donors (Lipinski definition) is 0. The quantitative estimate of drug-likeness (QED) is 0.692. The van der Waals surface area contributed by atoms with Crippen LogP contribution in [0.1, 0.15) is 26.3 Å². The molecule has 0 bridgehead atoms. The highest BCUT2D eigenvalue weighted by Crippen LogP contribution is 2.19. The highest BCUT2D eigenvalue weighted by Gasteiger charge is 2.14. The lowest BCUT2D eigenvalue weighted by Crippen LogP contribution is -2.40. The number of para-hydroxylation sites is 1. The molecule has 0 N–H and O–H groups in total.